The second-order valence-corrected chi connectivity index (χ2v) is 7.86. The molecule has 0 aliphatic carbocycles. The molecule has 0 aliphatic heterocycles. The number of halogens is 1. The predicted molar refractivity (Wildman–Crippen MR) is 104 cm³/mol. The summed E-state index contributed by atoms with van der Waals surface area (Å²) in [5, 5.41) is 3.47. The molecule has 0 aliphatic rings. The van der Waals surface area contributed by atoms with Crippen LogP contribution in [-0.2, 0) is 12.3 Å². The molecule has 1 aromatic carbocycles. The zero-order valence-electron chi connectivity index (χ0n) is 13.5. The second kappa shape index (κ2) is 6.82. The average molecular weight is 391 g/mol. The Morgan fingerprint density at radius 1 is 1.28 bits per heavy atom. The van der Waals surface area contributed by atoms with Gasteiger partial charge in [0, 0.05) is 35.0 Å². The number of thiazole rings is 1. The number of hydrogen-bond acceptors (Lipinski definition) is 5. The molecule has 4 rings (SSSR count). The Hall–Kier alpha value is -1.83. The molecule has 25 heavy (non-hydrogen) atoms. The second-order valence-electron chi connectivity index (χ2n) is 5.61. The quantitative estimate of drug-likeness (QED) is 0.472. The van der Waals surface area contributed by atoms with Gasteiger partial charge in [-0.25, -0.2) is 9.97 Å². The molecule has 0 saturated carbocycles. The maximum atomic E-state index is 12.1. The van der Waals surface area contributed by atoms with Crippen LogP contribution in [0, 0.1) is 0 Å². The van der Waals surface area contributed by atoms with Gasteiger partial charge in [-0.2, -0.15) is 0 Å². The summed E-state index contributed by atoms with van der Waals surface area (Å²) >= 11 is 9.15. The Bertz CT molecular complexity index is 1110. The number of fused-ring (bicyclic) bond motifs is 2. The molecular formula is C17H15ClN4OS2. The van der Waals surface area contributed by atoms with Crippen molar-refractivity contribution >= 4 is 50.7 Å². The molecule has 4 aromatic rings. The molecule has 0 radical (unpaired) electrons. The molecule has 8 heteroatoms. The Morgan fingerprint density at radius 3 is 3.00 bits per heavy atom. The molecule has 5 nitrogen and oxygen atoms in total. The summed E-state index contributed by atoms with van der Waals surface area (Å²) in [4.78, 5) is 22.1. The lowest BCUT2D eigenvalue weighted by atomic mass is 10.3. The highest BCUT2D eigenvalue weighted by Crippen LogP contribution is 2.28. The van der Waals surface area contributed by atoms with E-state index in [1.54, 1.807) is 28.4 Å². The van der Waals surface area contributed by atoms with Crippen LogP contribution in [-0.4, -0.2) is 18.9 Å². The third-order valence-electron chi connectivity index (χ3n) is 3.83. The Kier molecular flexibility index (Phi) is 4.54. The van der Waals surface area contributed by atoms with Gasteiger partial charge in [0.1, 0.15) is 0 Å². The van der Waals surface area contributed by atoms with Gasteiger partial charge in [-0.15, -0.1) is 11.3 Å². The van der Waals surface area contributed by atoms with Crippen LogP contribution in [0.25, 0.3) is 16.0 Å². The number of aromatic nitrogens is 4. The van der Waals surface area contributed by atoms with Gasteiger partial charge in [0.15, 0.2) is 10.1 Å². The first-order valence-corrected chi connectivity index (χ1v) is 10.1. The highest BCUT2D eigenvalue weighted by atomic mass is 35.5. The van der Waals surface area contributed by atoms with E-state index < -0.39 is 0 Å². The highest BCUT2D eigenvalue weighted by molar-refractivity contribution is 7.98. The van der Waals surface area contributed by atoms with Crippen molar-refractivity contribution in [1.82, 2.24) is 18.9 Å². The van der Waals surface area contributed by atoms with Crippen molar-refractivity contribution in [3.8, 4) is 0 Å². The zero-order valence-corrected chi connectivity index (χ0v) is 15.9. The summed E-state index contributed by atoms with van der Waals surface area (Å²) in [5.74, 6) is 0.602. The van der Waals surface area contributed by atoms with Crippen molar-refractivity contribution in [2.45, 2.75) is 30.8 Å². The molecule has 0 N–H and O–H groups in total. The van der Waals surface area contributed by atoms with Crippen LogP contribution in [0.5, 0.6) is 0 Å². The predicted octanol–water partition coefficient (Wildman–Crippen LogP) is 4.46. The number of imidazole rings is 1. The molecule has 3 heterocycles. The Balaban J connectivity index is 1.67. The summed E-state index contributed by atoms with van der Waals surface area (Å²) in [6, 6.07) is 7.37. The lowest BCUT2D eigenvalue weighted by molar-refractivity contribution is 0.638. The fourth-order valence-corrected chi connectivity index (χ4v) is 4.57. The normalized spacial score (nSPS) is 11.6. The third kappa shape index (κ3) is 3.19. The fraction of sp³-hybridized carbons (Fsp3) is 0.235. The SMILES string of the molecule is CCCn1c(SCc2cc(=O)n3ccsc3n2)nc2cc(Cl)ccc21. The van der Waals surface area contributed by atoms with E-state index in [1.807, 2.05) is 23.6 Å². The van der Waals surface area contributed by atoms with E-state index in [1.165, 1.54) is 11.3 Å². The Labute approximate surface area is 157 Å². The first-order chi connectivity index (χ1) is 12.2. The number of benzene rings is 1. The maximum absolute atomic E-state index is 12.1. The first kappa shape index (κ1) is 16.6. The standard InChI is InChI=1S/C17H15ClN4OS2/c1-2-5-21-14-4-3-11(18)8-13(14)20-17(21)25-10-12-9-15(23)22-6-7-24-16(22)19-12/h3-4,6-9H,2,5,10H2,1H3. The summed E-state index contributed by atoms with van der Waals surface area (Å²) in [6.07, 6.45) is 2.76. The van der Waals surface area contributed by atoms with Crippen LogP contribution in [0.1, 0.15) is 19.0 Å². The van der Waals surface area contributed by atoms with Gasteiger partial charge in [0.2, 0.25) is 0 Å². The number of aryl methyl sites for hydroxylation is 1. The zero-order chi connectivity index (χ0) is 17.4. The van der Waals surface area contributed by atoms with E-state index in [2.05, 4.69) is 16.5 Å². The summed E-state index contributed by atoms with van der Waals surface area (Å²) in [5.41, 5.74) is 2.70. The van der Waals surface area contributed by atoms with Crippen molar-refractivity contribution in [2.75, 3.05) is 0 Å². The molecule has 0 fully saturated rings. The first-order valence-electron chi connectivity index (χ1n) is 7.90. The van der Waals surface area contributed by atoms with Crippen LogP contribution in [0.4, 0.5) is 0 Å². The number of rotatable bonds is 5. The van der Waals surface area contributed by atoms with Crippen molar-refractivity contribution in [3.05, 3.63) is 56.9 Å². The van der Waals surface area contributed by atoms with Crippen molar-refractivity contribution < 1.29 is 0 Å². The van der Waals surface area contributed by atoms with E-state index in [9.17, 15) is 4.79 Å². The summed E-state index contributed by atoms with van der Waals surface area (Å²) in [6.45, 7) is 3.03. The topological polar surface area (TPSA) is 52.2 Å². The monoisotopic (exact) mass is 390 g/mol. The van der Waals surface area contributed by atoms with Crippen molar-refractivity contribution in [1.29, 1.82) is 0 Å². The van der Waals surface area contributed by atoms with Crippen LogP contribution in [0.15, 0.2) is 45.8 Å². The Morgan fingerprint density at radius 2 is 2.16 bits per heavy atom. The molecule has 128 valence electrons. The van der Waals surface area contributed by atoms with Crippen molar-refractivity contribution in [2.24, 2.45) is 0 Å². The largest absolute Gasteiger partial charge is 0.319 e. The minimum atomic E-state index is -0.0457. The summed E-state index contributed by atoms with van der Waals surface area (Å²) in [7, 11) is 0. The van der Waals surface area contributed by atoms with Gasteiger partial charge >= 0.3 is 0 Å². The molecule has 0 spiro atoms. The van der Waals surface area contributed by atoms with E-state index >= 15 is 0 Å². The lowest BCUT2D eigenvalue weighted by Gasteiger charge is -2.07. The number of nitrogens with zero attached hydrogens (tertiary/aromatic N) is 4. The van der Waals surface area contributed by atoms with Gasteiger partial charge in [-0.05, 0) is 24.6 Å². The number of thioether (sulfide) groups is 1. The van der Waals surface area contributed by atoms with E-state index in [4.69, 9.17) is 16.6 Å². The summed E-state index contributed by atoms with van der Waals surface area (Å²) < 4.78 is 3.76. The third-order valence-corrected chi connectivity index (χ3v) is 5.83. The van der Waals surface area contributed by atoms with Crippen molar-refractivity contribution in [3.63, 3.8) is 0 Å². The van der Waals surface area contributed by atoms with Crippen LogP contribution >= 0.6 is 34.7 Å². The van der Waals surface area contributed by atoms with E-state index in [0.717, 1.165) is 39.8 Å². The van der Waals surface area contributed by atoms with Crippen LogP contribution < -0.4 is 5.56 Å². The van der Waals surface area contributed by atoms with Gasteiger partial charge in [0.05, 0.1) is 16.7 Å². The molecular weight excluding hydrogens is 376 g/mol. The smallest absolute Gasteiger partial charge is 0.258 e. The fourth-order valence-electron chi connectivity index (χ4n) is 2.73. The van der Waals surface area contributed by atoms with Gasteiger partial charge in [0.25, 0.3) is 5.56 Å². The molecule has 3 aromatic heterocycles. The lowest BCUT2D eigenvalue weighted by Crippen LogP contribution is -2.12. The maximum Gasteiger partial charge on any atom is 0.258 e. The van der Waals surface area contributed by atoms with Crippen LogP contribution in [0.2, 0.25) is 5.02 Å². The minimum absolute atomic E-state index is 0.0457. The van der Waals surface area contributed by atoms with Gasteiger partial charge in [-0.1, -0.05) is 30.3 Å². The molecule has 0 atom stereocenters. The molecule has 0 saturated heterocycles. The van der Waals surface area contributed by atoms with E-state index in [0.29, 0.717) is 10.8 Å². The van der Waals surface area contributed by atoms with Crippen LogP contribution in [0.3, 0.4) is 0 Å². The van der Waals surface area contributed by atoms with Gasteiger partial charge in [-0.3, -0.25) is 9.20 Å². The molecule has 0 bridgehead atoms. The minimum Gasteiger partial charge on any atom is -0.319 e. The highest BCUT2D eigenvalue weighted by Gasteiger charge is 2.12. The van der Waals surface area contributed by atoms with E-state index in [-0.39, 0.29) is 5.56 Å². The average Bonchev–Trinajstić information content (AvgIpc) is 3.18. The van der Waals surface area contributed by atoms with Gasteiger partial charge < -0.3 is 4.57 Å². The molecule has 0 unspecified atom stereocenters. The number of hydrogen-bond donors (Lipinski definition) is 0. The molecule has 0 amide bonds.